The second-order valence-electron chi connectivity index (χ2n) is 12.0. The summed E-state index contributed by atoms with van der Waals surface area (Å²) < 4.78 is 0. The van der Waals surface area contributed by atoms with Gasteiger partial charge in [0.2, 0.25) is 0 Å². The summed E-state index contributed by atoms with van der Waals surface area (Å²) in [5.41, 5.74) is 8.68. The molecule has 0 spiro atoms. The Bertz CT molecular complexity index is 1510. The molecular weight excluding hydrogens is 474 g/mol. The van der Waals surface area contributed by atoms with Gasteiger partial charge in [0.1, 0.15) is 0 Å². The van der Waals surface area contributed by atoms with E-state index in [0.29, 0.717) is 11.9 Å². The second-order valence-corrected chi connectivity index (χ2v) is 12.0. The van der Waals surface area contributed by atoms with Gasteiger partial charge in [-0.2, -0.15) is 0 Å². The van der Waals surface area contributed by atoms with E-state index >= 15 is 0 Å². The maximum absolute atomic E-state index is 9.38. The Morgan fingerprint density at radius 3 is 1.92 bits per heavy atom. The lowest BCUT2D eigenvalue weighted by molar-refractivity contribution is 0.417. The third kappa shape index (κ3) is 4.98. The molecule has 2 unspecified atom stereocenters. The predicted molar refractivity (Wildman–Crippen MR) is 169 cm³/mol. The monoisotopic (exact) mass is 515 g/mol. The van der Waals surface area contributed by atoms with Gasteiger partial charge >= 0.3 is 0 Å². The highest BCUT2D eigenvalue weighted by atomic mass is 15.4. The van der Waals surface area contributed by atoms with Crippen LogP contribution < -0.4 is 4.90 Å². The van der Waals surface area contributed by atoms with Gasteiger partial charge in [-0.3, -0.25) is 5.41 Å². The van der Waals surface area contributed by atoms with E-state index in [0.717, 1.165) is 12.1 Å². The quantitative estimate of drug-likeness (QED) is 0.180. The van der Waals surface area contributed by atoms with Gasteiger partial charge in [0, 0.05) is 19.5 Å². The molecule has 4 aromatic carbocycles. The highest BCUT2D eigenvalue weighted by molar-refractivity contribution is 6.12. The molecule has 0 radical (unpaired) electrons. The van der Waals surface area contributed by atoms with Crippen LogP contribution in [0.25, 0.3) is 22.9 Å². The maximum atomic E-state index is 9.38. The minimum Gasteiger partial charge on any atom is -0.335 e. The zero-order chi connectivity index (χ0) is 27.9. The Kier molecular flexibility index (Phi) is 7.11. The number of benzene rings is 4. The van der Waals surface area contributed by atoms with Crippen molar-refractivity contribution in [3.63, 3.8) is 0 Å². The first kappa shape index (κ1) is 26.7. The lowest BCUT2D eigenvalue weighted by atomic mass is 9.85. The van der Waals surface area contributed by atoms with Gasteiger partial charge in [-0.15, -0.1) is 0 Å². The van der Waals surface area contributed by atoms with Crippen LogP contribution in [-0.2, 0) is 5.41 Å². The molecule has 0 bridgehead atoms. The summed E-state index contributed by atoms with van der Waals surface area (Å²) >= 11 is 0. The Hall–Kier alpha value is -3.85. The molecule has 0 amide bonds. The van der Waals surface area contributed by atoms with Crippen molar-refractivity contribution in [1.29, 1.82) is 5.41 Å². The van der Waals surface area contributed by atoms with Crippen LogP contribution in [0.15, 0.2) is 78.9 Å². The highest BCUT2D eigenvalue weighted by Gasteiger charge is 2.26. The van der Waals surface area contributed by atoms with E-state index in [1.807, 2.05) is 19.0 Å². The summed E-state index contributed by atoms with van der Waals surface area (Å²) in [7, 11) is 4.06. The molecular formula is C36H41N3. The van der Waals surface area contributed by atoms with Gasteiger partial charge in [0.15, 0.2) is 5.96 Å². The average Bonchev–Trinajstić information content (AvgIpc) is 3.37. The largest absolute Gasteiger partial charge is 0.335 e. The molecule has 5 rings (SSSR count). The van der Waals surface area contributed by atoms with Crippen molar-refractivity contribution < 1.29 is 0 Å². The third-order valence-electron chi connectivity index (χ3n) is 8.45. The Labute approximate surface area is 234 Å². The summed E-state index contributed by atoms with van der Waals surface area (Å²) in [6.45, 7) is 11.3. The number of rotatable bonds is 6. The molecule has 1 aliphatic rings. The summed E-state index contributed by atoms with van der Waals surface area (Å²) in [4.78, 5) is 4.12. The second kappa shape index (κ2) is 10.4. The molecule has 1 aliphatic carbocycles. The smallest absolute Gasteiger partial charge is 0.198 e. The summed E-state index contributed by atoms with van der Waals surface area (Å²) in [6.07, 6.45) is 5.48. The van der Waals surface area contributed by atoms with Crippen LogP contribution in [0.2, 0.25) is 0 Å². The van der Waals surface area contributed by atoms with Gasteiger partial charge in [0.25, 0.3) is 0 Å². The van der Waals surface area contributed by atoms with Crippen LogP contribution in [0.3, 0.4) is 0 Å². The molecule has 0 aromatic heterocycles. The Balaban J connectivity index is 1.53. The molecule has 0 saturated carbocycles. The molecule has 0 aliphatic heterocycles. The van der Waals surface area contributed by atoms with Crippen LogP contribution in [0.4, 0.5) is 5.69 Å². The topological polar surface area (TPSA) is 30.3 Å². The number of guanidine groups is 1. The number of hydrogen-bond acceptors (Lipinski definition) is 1. The van der Waals surface area contributed by atoms with Gasteiger partial charge in [0.05, 0.1) is 11.7 Å². The first-order valence-electron chi connectivity index (χ1n) is 14.1. The van der Waals surface area contributed by atoms with Crippen molar-refractivity contribution in [3.8, 4) is 0 Å². The van der Waals surface area contributed by atoms with Gasteiger partial charge in [-0.1, -0.05) is 120 Å². The number of nitrogens with zero attached hydrogens (tertiary/aromatic N) is 2. The minimum atomic E-state index is -0.0848. The highest BCUT2D eigenvalue weighted by Crippen LogP contribution is 2.38. The molecule has 39 heavy (non-hydrogen) atoms. The molecule has 0 heterocycles. The molecule has 0 fully saturated rings. The van der Waals surface area contributed by atoms with Gasteiger partial charge < -0.3 is 9.80 Å². The summed E-state index contributed by atoms with van der Waals surface area (Å²) in [6, 6.07) is 28.7. The first-order valence-corrected chi connectivity index (χ1v) is 14.1. The molecule has 1 N–H and O–H groups in total. The molecule has 0 saturated heterocycles. The van der Waals surface area contributed by atoms with E-state index in [2.05, 4.69) is 131 Å². The van der Waals surface area contributed by atoms with E-state index in [1.165, 1.54) is 44.2 Å². The normalized spacial score (nSPS) is 13.9. The van der Waals surface area contributed by atoms with Crippen molar-refractivity contribution in [2.24, 2.45) is 0 Å². The van der Waals surface area contributed by atoms with Crippen LogP contribution in [-0.4, -0.2) is 25.0 Å². The standard InChI is InChI=1S/C36H41N3/c1-8-24(2)25-12-16-28(17-13-25)34(29-18-21-30(22-19-29)36(3,4)5)39(7)35(37)38(6)32-23-20-27-15-14-26-10-9-11-31(32)33(26)27/h9-24,34,37H,8H2,1-7H3. The fourth-order valence-corrected chi connectivity index (χ4v) is 5.72. The van der Waals surface area contributed by atoms with Crippen molar-refractivity contribution >= 4 is 34.6 Å². The third-order valence-corrected chi connectivity index (χ3v) is 8.45. The van der Waals surface area contributed by atoms with E-state index in [1.54, 1.807) is 0 Å². The number of anilines is 1. The van der Waals surface area contributed by atoms with Crippen molar-refractivity contribution in [1.82, 2.24) is 4.90 Å². The van der Waals surface area contributed by atoms with Crippen LogP contribution in [0.1, 0.15) is 86.4 Å². The molecule has 200 valence electrons. The molecule has 2 atom stereocenters. The zero-order valence-corrected chi connectivity index (χ0v) is 24.4. The summed E-state index contributed by atoms with van der Waals surface area (Å²) in [5, 5.41) is 11.8. The van der Waals surface area contributed by atoms with Crippen molar-refractivity contribution in [3.05, 3.63) is 112 Å². The Morgan fingerprint density at radius 1 is 0.769 bits per heavy atom. The maximum Gasteiger partial charge on any atom is 0.198 e. The first-order chi connectivity index (χ1) is 18.6. The SMILES string of the molecule is CCC(C)c1ccc(C(c2ccc(C(C)(C)C)cc2)N(C)C(=N)N(C)c2ccc3c4c(cccc24)C=C3)cc1. The molecule has 4 aromatic rings. The van der Waals surface area contributed by atoms with E-state index in [-0.39, 0.29) is 11.5 Å². The van der Waals surface area contributed by atoms with Crippen molar-refractivity contribution in [2.75, 3.05) is 19.0 Å². The summed E-state index contributed by atoms with van der Waals surface area (Å²) in [5.74, 6) is 0.988. The van der Waals surface area contributed by atoms with Crippen LogP contribution in [0.5, 0.6) is 0 Å². The lowest BCUT2D eigenvalue weighted by Crippen LogP contribution is -2.42. The number of nitrogens with one attached hydrogen (secondary N) is 1. The zero-order valence-electron chi connectivity index (χ0n) is 24.4. The predicted octanol–water partition coefficient (Wildman–Crippen LogP) is 9.23. The van der Waals surface area contributed by atoms with Gasteiger partial charge in [-0.25, -0.2) is 0 Å². The Morgan fingerprint density at radius 2 is 1.33 bits per heavy atom. The minimum absolute atomic E-state index is 0.0848. The van der Waals surface area contributed by atoms with E-state index in [4.69, 9.17) is 0 Å². The fourth-order valence-electron chi connectivity index (χ4n) is 5.72. The fraction of sp³-hybridized carbons (Fsp3) is 0.306. The molecule has 3 heteroatoms. The van der Waals surface area contributed by atoms with Crippen LogP contribution in [0, 0.1) is 5.41 Å². The van der Waals surface area contributed by atoms with E-state index < -0.39 is 0 Å². The average molecular weight is 516 g/mol. The molecule has 3 nitrogen and oxygen atoms in total. The van der Waals surface area contributed by atoms with Gasteiger partial charge in [-0.05, 0) is 62.6 Å². The van der Waals surface area contributed by atoms with Crippen molar-refractivity contribution in [2.45, 2.75) is 58.4 Å². The van der Waals surface area contributed by atoms with E-state index in [9.17, 15) is 5.41 Å². The van der Waals surface area contributed by atoms with Crippen LogP contribution >= 0.6 is 0 Å². The lowest BCUT2D eigenvalue weighted by Gasteiger charge is -2.36. The number of hydrogen-bond donors (Lipinski definition) is 1.